The summed E-state index contributed by atoms with van der Waals surface area (Å²) in [6.07, 6.45) is 0. The van der Waals surface area contributed by atoms with Gasteiger partial charge < -0.3 is 15.4 Å². The molecule has 2 aromatic carbocycles. The van der Waals surface area contributed by atoms with Gasteiger partial charge in [-0.05, 0) is 41.3 Å². The summed E-state index contributed by atoms with van der Waals surface area (Å²) in [4.78, 5) is 23.6. The van der Waals surface area contributed by atoms with E-state index in [0.717, 1.165) is 5.56 Å². The third kappa shape index (κ3) is 5.08. The van der Waals surface area contributed by atoms with Crippen molar-refractivity contribution in [3.63, 3.8) is 0 Å². The number of para-hydroxylation sites is 1. The first kappa shape index (κ1) is 18.5. The van der Waals surface area contributed by atoms with Gasteiger partial charge in [0.05, 0.1) is 0 Å². The molecule has 0 saturated heterocycles. The van der Waals surface area contributed by atoms with E-state index in [1.165, 1.54) is 0 Å². The number of nitrogens with one attached hydrogen (secondary N) is 2. The predicted molar refractivity (Wildman–Crippen MR) is 99.1 cm³/mol. The average molecular weight is 340 g/mol. The van der Waals surface area contributed by atoms with Crippen LogP contribution in [0.2, 0.25) is 0 Å². The SMILES string of the molecule is CNC(=O)c1ccc(NC(=O)COc2ccccc2C(C)(C)C)cc1. The van der Waals surface area contributed by atoms with Gasteiger partial charge in [-0.1, -0.05) is 39.0 Å². The Morgan fingerprint density at radius 2 is 1.64 bits per heavy atom. The second-order valence-electron chi connectivity index (χ2n) is 6.74. The lowest BCUT2D eigenvalue weighted by molar-refractivity contribution is -0.118. The molecule has 2 N–H and O–H groups in total. The molecule has 25 heavy (non-hydrogen) atoms. The molecule has 2 rings (SSSR count). The third-order valence-corrected chi connectivity index (χ3v) is 3.71. The Bertz CT molecular complexity index is 746. The summed E-state index contributed by atoms with van der Waals surface area (Å²) in [5.41, 5.74) is 2.14. The number of carbonyl (C=O) groups excluding carboxylic acids is 2. The van der Waals surface area contributed by atoms with Crippen LogP contribution >= 0.6 is 0 Å². The lowest BCUT2D eigenvalue weighted by Crippen LogP contribution is -2.22. The van der Waals surface area contributed by atoms with Crippen molar-refractivity contribution in [2.45, 2.75) is 26.2 Å². The van der Waals surface area contributed by atoms with Crippen LogP contribution in [-0.2, 0) is 10.2 Å². The van der Waals surface area contributed by atoms with Crippen LogP contribution in [-0.4, -0.2) is 25.5 Å². The van der Waals surface area contributed by atoms with Crippen molar-refractivity contribution >= 4 is 17.5 Å². The molecule has 0 bridgehead atoms. The number of hydrogen-bond acceptors (Lipinski definition) is 3. The maximum Gasteiger partial charge on any atom is 0.262 e. The van der Waals surface area contributed by atoms with Gasteiger partial charge in [-0.15, -0.1) is 0 Å². The molecule has 0 aliphatic heterocycles. The summed E-state index contributed by atoms with van der Waals surface area (Å²) in [6.45, 7) is 6.22. The highest BCUT2D eigenvalue weighted by atomic mass is 16.5. The smallest absolute Gasteiger partial charge is 0.262 e. The number of amides is 2. The zero-order valence-electron chi connectivity index (χ0n) is 15.1. The van der Waals surface area contributed by atoms with Gasteiger partial charge in [0, 0.05) is 18.3 Å². The molecule has 0 unspecified atom stereocenters. The van der Waals surface area contributed by atoms with Crippen molar-refractivity contribution in [2.24, 2.45) is 0 Å². The van der Waals surface area contributed by atoms with Gasteiger partial charge in [-0.2, -0.15) is 0 Å². The molecule has 0 radical (unpaired) electrons. The van der Waals surface area contributed by atoms with E-state index < -0.39 is 0 Å². The monoisotopic (exact) mass is 340 g/mol. The number of ether oxygens (including phenoxy) is 1. The Morgan fingerprint density at radius 1 is 1.00 bits per heavy atom. The lowest BCUT2D eigenvalue weighted by atomic mass is 9.86. The van der Waals surface area contributed by atoms with Crippen molar-refractivity contribution in [3.05, 3.63) is 59.7 Å². The lowest BCUT2D eigenvalue weighted by Gasteiger charge is -2.22. The topological polar surface area (TPSA) is 67.4 Å². The Morgan fingerprint density at radius 3 is 2.24 bits per heavy atom. The predicted octanol–water partition coefficient (Wildman–Crippen LogP) is 3.36. The minimum atomic E-state index is -0.253. The van der Waals surface area contributed by atoms with Crippen LogP contribution in [0.15, 0.2) is 48.5 Å². The van der Waals surface area contributed by atoms with Crippen LogP contribution in [0.25, 0.3) is 0 Å². The summed E-state index contributed by atoms with van der Waals surface area (Å²) in [5.74, 6) is 0.288. The van der Waals surface area contributed by atoms with E-state index in [1.807, 2.05) is 24.3 Å². The molecular weight excluding hydrogens is 316 g/mol. The minimum Gasteiger partial charge on any atom is -0.483 e. The molecule has 0 saturated carbocycles. The first-order valence-corrected chi connectivity index (χ1v) is 8.15. The van der Waals surface area contributed by atoms with Crippen LogP contribution in [0.1, 0.15) is 36.7 Å². The highest BCUT2D eigenvalue weighted by Gasteiger charge is 2.18. The van der Waals surface area contributed by atoms with Gasteiger partial charge in [-0.3, -0.25) is 9.59 Å². The summed E-state index contributed by atoms with van der Waals surface area (Å²) >= 11 is 0. The van der Waals surface area contributed by atoms with E-state index in [0.29, 0.717) is 17.0 Å². The maximum atomic E-state index is 12.1. The summed E-state index contributed by atoms with van der Waals surface area (Å²) in [6, 6.07) is 14.4. The van der Waals surface area contributed by atoms with Gasteiger partial charge >= 0.3 is 0 Å². The van der Waals surface area contributed by atoms with Crippen molar-refractivity contribution in [2.75, 3.05) is 19.0 Å². The fourth-order valence-corrected chi connectivity index (χ4v) is 2.40. The maximum absolute atomic E-state index is 12.1. The minimum absolute atomic E-state index is 0.0667. The fourth-order valence-electron chi connectivity index (χ4n) is 2.40. The molecule has 0 aliphatic rings. The third-order valence-electron chi connectivity index (χ3n) is 3.71. The molecule has 5 heteroatoms. The quantitative estimate of drug-likeness (QED) is 0.877. The molecule has 0 aliphatic carbocycles. The normalized spacial score (nSPS) is 10.9. The zero-order valence-corrected chi connectivity index (χ0v) is 15.1. The molecule has 2 amide bonds. The van der Waals surface area contributed by atoms with Crippen molar-refractivity contribution in [1.82, 2.24) is 5.32 Å². The molecule has 5 nitrogen and oxygen atoms in total. The Hall–Kier alpha value is -2.82. The Labute approximate surface area is 148 Å². The average Bonchev–Trinajstić information content (AvgIpc) is 2.59. The Kier molecular flexibility index (Phi) is 5.80. The second-order valence-corrected chi connectivity index (χ2v) is 6.74. The van der Waals surface area contributed by atoms with Crippen molar-refractivity contribution < 1.29 is 14.3 Å². The van der Waals surface area contributed by atoms with E-state index in [1.54, 1.807) is 31.3 Å². The van der Waals surface area contributed by atoms with Gasteiger partial charge in [-0.25, -0.2) is 0 Å². The summed E-state index contributed by atoms with van der Waals surface area (Å²) in [7, 11) is 1.57. The van der Waals surface area contributed by atoms with Gasteiger partial charge in [0.1, 0.15) is 5.75 Å². The largest absolute Gasteiger partial charge is 0.483 e. The van der Waals surface area contributed by atoms with E-state index in [-0.39, 0.29) is 23.8 Å². The van der Waals surface area contributed by atoms with Crippen LogP contribution in [0.3, 0.4) is 0 Å². The number of hydrogen-bond donors (Lipinski definition) is 2. The number of carbonyl (C=O) groups is 2. The Balaban J connectivity index is 1.97. The van der Waals surface area contributed by atoms with Crippen LogP contribution in [0.5, 0.6) is 5.75 Å². The van der Waals surface area contributed by atoms with E-state index in [2.05, 4.69) is 31.4 Å². The second kappa shape index (κ2) is 7.83. The van der Waals surface area contributed by atoms with E-state index in [9.17, 15) is 9.59 Å². The van der Waals surface area contributed by atoms with Crippen LogP contribution in [0, 0.1) is 0 Å². The van der Waals surface area contributed by atoms with Crippen LogP contribution in [0.4, 0.5) is 5.69 Å². The first-order chi connectivity index (χ1) is 11.8. The number of anilines is 1. The first-order valence-electron chi connectivity index (χ1n) is 8.15. The molecule has 132 valence electrons. The van der Waals surface area contributed by atoms with E-state index >= 15 is 0 Å². The fraction of sp³-hybridized carbons (Fsp3) is 0.300. The zero-order chi connectivity index (χ0) is 18.4. The summed E-state index contributed by atoms with van der Waals surface area (Å²) in [5, 5.41) is 5.31. The van der Waals surface area contributed by atoms with Crippen molar-refractivity contribution in [3.8, 4) is 5.75 Å². The standard InChI is InChI=1S/C20H24N2O3/c1-20(2,3)16-7-5-6-8-17(16)25-13-18(23)22-15-11-9-14(10-12-15)19(24)21-4/h5-12H,13H2,1-4H3,(H,21,24)(H,22,23). The molecule has 0 spiro atoms. The number of benzene rings is 2. The molecule has 0 aromatic heterocycles. The molecule has 2 aromatic rings. The van der Waals surface area contributed by atoms with E-state index in [4.69, 9.17) is 4.74 Å². The highest BCUT2D eigenvalue weighted by Crippen LogP contribution is 2.30. The van der Waals surface area contributed by atoms with Gasteiger partial charge in [0.2, 0.25) is 0 Å². The summed E-state index contributed by atoms with van der Waals surface area (Å²) < 4.78 is 5.70. The number of rotatable bonds is 5. The van der Waals surface area contributed by atoms with Crippen LogP contribution < -0.4 is 15.4 Å². The highest BCUT2D eigenvalue weighted by molar-refractivity contribution is 5.95. The van der Waals surface area contributed by atoms with Crippen molar-refractivity contribution in [1.29, 1.82) is 0 Å². The molecule has 0 fully saturated rings. The van der Waals surface area contributed by atoms with Gasteiger partial charge in [0.15, 0.2) is 6.61 Å². The molecular formula is C20H24N2O3. The molecule has 0 atom stereocenters. The molecule has 0 heterocycles. The van der Waals surface area contributed by atoms with Gasteiger partial charge in [0.25, 0.3) is 11.8 Å².